The zero-order valence-corrected chi connectivity index (χ0v) is 14.7. The van der Waals surface area contributed by atoms with E-state index in [0.29, 0.717) is 5.92 Å². The van der Waals surface area contributed by atoms with Crippen LogP contribution >= 0.6 is 0 Å². The Kier molecular flexibility index (Phi) is 3.33. The van der Waals surface area contributed by atoms with Crippen molar-refractivity contribution in [2.75, 3.05) is 0 Å². The zero-order chi connectivity index (χ0) is 17.7. The first-order chi connectivity index (χ1) is 12.8. The molecular weight excluding hydrogens is 318 g/mol. The Morgan fingerprint density at radius 2 is 1.81 bits per heavy atom. The minimum absolute atomic E-state index is 0.628. The van der Waals surface area contributed by atoms with E-state index >= 15 is 0 Å². The quantitative estimate of drug-likeness (QED) is 0.482. The number of fused-ring (bicyclic) bond motifs is 4. The third-order valence-electron chi connectivity index (χ3n) is 5.56. The summed E-state index contributed by atoms with van der Waals surface area (Å²) in [6.07, 6.45) is 3.10. The van der Waals surface area contributed by atoms with Gasteiger partial charge in [0.2, 0.25) is 0 Å². The summed E-state index contributed by atoms with van der Waals surface area (Å²) in [6, 6.07) is 21.2. The highest BCUT2D eigenvalue weighted by atomic mass is 15.0. The van der Waals surface area contributed by atoms with Crippen LogP contribution in [0.3, 0.4) is 0 Å². The molecule has 0 saturated carbocycles. The van der Waals surface area contributed by atoms with E-state index in [1.54, 1.807) is 0 Å². The van der Waals surface area contributed by atoms with Gasteiger partial charge in [-0.15, -0.1) is 0 Å². The van der Waals surface area contributed by atoms with E-state index in [1.807, 2.05) is 24.3 Å². The molecule has 0 saturated heterocycles. The van der Waals surface area contributed by atoms with Gasteiger partial charge < -0.3 is 0 Å². The van der Waals surface area contributed by atoms with Crippen LogP contribution in [-0.2, 0) is 12.8 Å². The molecule has 0 spiro atoms. The second-order valence-corrected chi connectivity index (χ2v) is 7.27. The molecule has 1 aliphatic rings. The maximum atomic E-state index is 9.94. The molecule has 2 aromatic carbocycles. The van der Waals surface area contributed by atoms with Crippen LogP contribution in [0.5, 0.6) is 0 Å². The van der Waals surface area contributed by atoms with Crippen LogP contribution in [0.15, 0.2) is 54.6 Å². The highest BCUT2D eigenvalue weighted by Gasteiger charge is 2.27. The summed E-state index contributed by atoms with van der Waals surface area (Å²) in [4.78, 5) is 4.84. The van der Waals surface area contributed by atoms with Crippen molar-refractivity contribution in [2.45, 2.75) is 26.2 Å². The van der Waals surface area contributed by atoms with Crippen molar-refractivity contribution in [1.29, 1.82) is 5.26 Å². The molecule has 1 aliphatic carbocycles. The van der Waals surface area contributed by atoms with Crippen LogP contribution < -0.4 is 0 Å². The molecule has 0 fully saturated rings. The highest BCUT2D eigenvalue weighted by Crippen LogP contribution is 2.38. The van der Waals surface area contributed by atoms with Crippen molar-refractivity contribution in [3.8, 4) is 17.3 Å². The van der Waals surface area contributed by atoms with E-state index in [9.17, 15) is 5.26 Å². The molecule has 2 heterocycles. The number of aromatic nitrogens is 2. The maximum Gasteiger partial charge on any atom is 0.156 e. The number of hydrogen-bond acceptors (Lipinski definition) is 2. The average Bonchev–Trinajstić information content (AvgIpc) is 3.05. The smallest absolute Gasteiger partial charge is 0.156 e. The van der Waals surface area contributed by atoms with Crippen molar-refractivity contribution in [3.63, 3.8) is 0 Å². The molecule has 4 aromatic rings. The van der Waals surface area contributed by atoms with Crippen LogP contribution in [0.25, 0.3) is 27.9 Å². The van der Waals surface area contributed by atoms with Crippen molar-refractivity contribution in [1.82, 2.24) is 9.38 Å². The predicted octanol–water partition coefficient (Wildman–Crippen LogP) is 5.15. The predicted molar refractivity (Wildman–Crippen MR) is 104 cm³/mol. The largest absolute Gasteiger partial charge is 0.291 e. The van der Waals surface area contributed by atoms with E-state index < -0.39 is 0 Å². The summed E-state index contributed by atoms with van der Waals surface area (Å²) < 4.78 is 2.21. The topological polar surface area (TPSA) is 41.1 Å². The molecule has 26 heavy (non-hydrogen) atoms. The minimum Gasteiger partial charge on any atom is -0.291 e. The second kappa shape index (κ2) is 5.71. The van der Waals surface area contributed by atoms with Gasteiger partial charge in [0.25, 0.3) is 0 Å². The normalized spacial score (nSPS) is 16.5. The molecule has 2 aromatic heterocycles. The molecule has 126 valence electrons. The van der Waals surface area contributed by atoms with Gasteiger partial charge in [0.1, 0.15) is 6.07 Å². The summed E-state index contributed by atoms with van der Waals surface area (Å²) in [5, 5.41) is 9.94. The number of nitriles is 1. The van der Waals surface area contributed by atoms with Gasteiger partial charge >= 0.3 is 0 Å². The number of para-hydroxylation sites is 2. The summed E-state index contributed by atoms with van der Waals surface area (Å²) >= 11 is 0. The number of benzene rings is 2. The Hall–Kier alpha value is -3.12. The highest BCUT2D eigenvalue weighted by molar-refractivity contribution is 5.87. The van der Waals surface area contributed by atoms with Gasteiger partial charge in [-0.25, -0.2) is 4.98 Å². The molecule has 0 aliphatic heterocycles. The fourth-order valence-corrected chi connectivity index (χ4v) is 4.34. The Morgan fingerprint density at radius 1 is 1.04 bits per heavy atom. The van der Waals surface area contributed by atoms with Gasteiger partial charge in [-0.05, 0) is 54.0 Å². The fraction of sp³-hybridized carbons (Fsp3) is 0.217. The van der Waals surface area contributed by atoms with Crippen molar-refractivity contribution < 1.29 is 0 Å². The van der Waals surface area contributed by atoms with Crippen molar-refractivity contribution >= 4 is 16.7 Å². The third kappa shape index (κ3) is 2.09. The fourth-order valence-electron chi connectivity index (χ4n) is 4.34. The minimum atomic E-state index is 0.628. The monoisotopic (exact) mass is 337 g/mol. The van der Waals surface area contributed by atoms with Gasteiger partial charge in [0.05, 0.1) is 22.3 Å². The molecule has 1 atom stereocenters. The van der Waals surface area contributed by atoms with Gasteiger partial charge in [-0.1, -0.05) is 49.4 Å². The summed E-state index contributed by atoms with van der Waals surface area (Å²) in [7, 11) is 0. The maximum absolute atomic E-state index is 9.94. The number of rotatable bonds is 1. The molecular formula is C23H19N3. The number of nitrogens with zero attached hydrogens (tertiary/aromatic N) is 3. The van der Waals surface area contributed by atoms with Crippen LogP contribution in [0.1, 0.15) is 30.0 Å². The van der Waals surface area contributed by atoms with Gasteiger partial charge in [0, 0.05) is 0 Å². The Bertz CT molecular complexity index is 1180. The molecule has 1 unspecified atom stereocenters. The van der Waals surface area contributed by atoms with Gasteiger partial charge in [-0.3, -0.25) is 4.40 Å². The number of imidazole rings is 1. The van der Waals surface area contributed by atoms with E-state index in [1.165, 1.54) is 22.4 Å². The lowest BCUT2D eigenvalue weighted by molar-refractivity contribution is 0.500. The number of hydrogen-bond donors (Lipinski definition) is 0. The van der Waals surface area contributed by atoms with Crippen LogP contribution in [0.4, 0.5) is 0 Å². The molecule has 0 amide bonds. The van der Waals surface area contributed by atoms with E-state index in [0.717, 1.165) is 41.5 Å². The molecule has 3 heteroatoms. The SMILES string of the molecule is CC1CCc2c(c(-c3ccccc3)n3c(nc4ccccc43)c2C#N)C1. The van der Waals surface area contributed by atoms with Gasteiger partial charge in [0.15, 0.2) is 5.65 Å². The Labute approximate surface area is 152 Å². The van der Waals surface area contributed by atoms with Crippen LogP contribution in [-0.4, -0.2) is 9.38 Å². The first-order valence-corrected chi connectivity index (χ1v) is 9.18. The lowest BCUT2D eigenvalue weighted by Crippen LogP contribution is -2.17. The first-order valence-electron chi connectivity index (χ1n) is 9.18. The third-order valence-corrected chi connectivity index (χ3v) is 5.56. The molecule has 0 radical (unpaired) electrons. The molecule has 0 bridgehead atoms. The van der Waals surface area contributed by atoms with Crippen LogP contribution in [0, 0.1) is 17.2 Å². The Balaban J connectivity index is 2.03. The molecule has 3 nitrogen and oxygen atoms in total. The zero-order valence-electron chi connectivity index (χ0n) is 14.7. The first kappa shape index (κ1) is 15.2. The average molecular weight is 337 g/mol. The lowest BCUT2D eigenvalue weighted by Gasteiger charge is -2.26. The molecule has 0 N–H and O–H groups in total. The standard InChI is InChI=1S/C23H19N3/c1-15-11-12-17-18(13-15)22(16-7-3-2-4-8-16)26-21-10-6-5-9-20(21)25-23(26)19(17)14-24/h2-10,15H,11-13H2,1H3. The number of pyridine rings is 1. The summed E-state index contributed by atoms with van der Waals surface area (Å²) in [6.45, 7) is 2.31. The lowest BCUT2D eigenvalue weighted by atomic mass is 9.81. The van der Waals surface area contributed by atoms with Crippen molar-refractivity contribution in [2.24, 2.45) is 5.92 Å². The van der Waals surface area contributed by atoms with E-state index in [-0.39, 0.29) is 0 Å². The van der Waals surface area contributed by atoms with Crippen LogP contribution in [0.2, 0.25) is 0 Å². The molecule has 5 rings (SSSR count). The summed E-state index contributed by atoms with van der Waals surface area (Å²) in [5.74, 6) is 0.628. The van der Waals surface area contributed by atoms with Crippen molar-refractivity contribution in [3.05, 3.63) is 71.3 Å². The van der Waals surface area contributed by atoms with E-state index in [2.05, 4.69) is 47.7 Å². The second-order valence-electron chi connectivity index (χ2n) is 7.27. The Morgan fingerprint density at radius 3 is 2.62 bits per heavy atom. The summed E-state index contributed by atoms with van der Waals surface area (Å²) in [5.41, 5.74) is 8.47. The van der Waals surface area contributed by atoms with E-state index in [4.69, 9.17) is 4.98 Å². The van der Waals surface area contributed by atoms with Gasteiger partial charge in [-0.2, -0.15) is 5.26 Å².